The Morgan fingerprint density at radius 3 is 2.69 bits per heavy atom. The maximum atomic E-state index is 13.0. The van der Waals surface area contributed by atoms with Crippen LogP contribution in [0.1, 0.15) is 40.2 Å². The highest BCUT2D eigenvalue weighted by atomic mass is 32.1. The first-order chi connectivity index (χ1) is 14.1. The highest BCUT2D eigenvalue weighted by molar-refractivity contribution is 7.13. The molecule has 2 atom stereocenters. The fraction of sp³-hybridized carbons (Fsp3) is 0.478. The van der Waals surface area contributed by atoms with Crippen molar-refractivity contribution in [2.45, 2.75) is 38.6 Å². The van der Waals surface area contributed by atoms with Crippen molar-refractivity contribution in [1.29, 1.82) is 0 Å². The number of fused-ring (bicyclic) bond motifs is 1. The number of ether oxygens (including phenoxy) is 1. The lowest BCUT2D eigenvalue weighted by atomic mass is 9.83. The number of piperidine rings is 2. The van der Waals surface area contributed by atoms with Crippen molar-refractivity contribution in [3.63, 3.8) is 0 Å². The first-order valence-corrected chi connectivity index (χ1v) is 11.3. The van der Waals surface area contributed by atoms with Gasteiger partial charge in [-0.1, -0.05) is 18.2 Å². The molecule has 1 aromatic carbocycles. The van der Waals surface area contributed by atoms with Crippen LogP contribution in [0.25, 0.3) is 0 Å². The fourth-order valence-corrected chi connectivity index (χ4v) is 5.33. The molecule has 0 unspecified atom stereocenters. The van der Waals surface area contributed by atoms with E-state index in [1.54, 1.807) is 11.3 Å². The molecular weight excluding hydrogens is 384 g/mol. The van der Waals surface area contributed by atoms with Gasteiger partial charge in [0.05, 0.1) is 17.9 Å². The molecule has 1 aromatic heterocycles. The Balaban J connectivity index is 1.31. The summed E-state index contributed by atoms with van der Waals surface area (Å²) in [4.78, 5) is 31.7. The number of carbonyl (C=O) groups excluding carboxylic acids is 2. The number of aryl methyl sites for hydroxylation is 1. The highest BCUT2D eigenvalue weighted by Crippen LogP contribution is 2.32. The van der Waals surface area contributed by atoms with Gasteiger partial charge in [0.15, 0.2) is 0 Å². The SMILES string of the molecule is Cc1ccc(C(=O)N2CCC[C@@H]3CN(C(=O)CCOc4ccccc4)CC[C@@H]32)s1. The summed E-state index contributed by atoms with van der Waals surface area (Å²) in [6.45, 7) is 4.73. The number of rotatable bonds is 5. The molecule has 0 spiro atoms. The van der Waals surface area contributed by atoms with Gasteiger partial charge in [-0.3, -0.25) is 9.59 Å². The maximum Gasteiger partial charge on any atom is 0.264 e. The van der Waals surface area contributed by atoms with Gasteiger partial charge in [0, 0.05) is 30.6 Å². The van der Waals surface area contributed by atoms with Crippen molar-refractivity contribution in [2.24, 2.45) is 5.92 Å². The average Bonchev–Trinajstić information content (AvgIpc) is 3.19. The third-order valence-electron chi connectivity index (χ3n) is 5.96. The van der Waals surface area contributed by atoms with Gasteiger partial charge in [0.2, 0.25) is 5.91 Å². The van der Waals surface area contributed by atoms with Crippen LogP contribution in [0.3, 0.4) is 0 Å². The summed E-state index contributed by atoms with van der Waals surface area (Å²) in [6.07, 6.45) is 3.36. The minimum Gasteiger partial charge on any atom is -0.493 e. The van der Waals surface area contributed by atoms with E-state index in [1.165, 1.54) is 4.88 Å². The topological polar surface area (TPSA) is 49.9 Å². The van der Waals surface area contributed by atoms with E-state index in [0.717, 1.165) is 49.5 Å². The molecule has 2 amide bonds. The molecule has 6 heteroatoms. The minimum absolute atomic E-state index is 0.150. The molecular formula is C23H28N2O3S. The predicted octanol–water partition coefficient (Wildman–Crippen LogP) is 3.98. The average molecular weight is 413 g/mol. The van der Waals surface area contributed by atoms with Crippen molar-refractivity contribution >= 4 is 23.2 Å². The van der Waals surface area contributed by atoms with Gasteiger partial charge in [0.1, 0.15) is 5.75 Å². The molecule has 0 bridgehead atoms. The van der Waals surface area contributed by atoms with Crippen LogP contribution in [0.5, 0.6) is 5.75 Å². The van der Waals surface area contributed by atoms with E-state index >= 15 is 0 Å². The lowest BCUT2D eigenvalue weighted by Crippen LogP contribution is -2.56. The van der Waals surface area contributed by atoms with Crippen molar-refractivity contribution < 1.29 is 14.3 Å². The van der Waals surface area contributed by atoms with Gasteiger partial charge in [-0.2, -0.15) is 0 Å². The molecule has 3 heterocycles. The standard InChI is InChI=1S/C23H28N2O3S/c1-17-9-10-21(29-17)23(27)25-13-5-6-18-16-24(14-11-20(18)25)22(26)12-15-28-19-7-3-2-4-8-19/h2-4,7-10,18,20H,5-6,11-16H2,1H3/t18-,20+/m1/s1. The number of hydrogen-bond donors (Lipinski definition) is 0. The molecule has 2 aliphatic heterocycles. The Morgan fingerprint density at radius 2 is 1.93 bits per heavy atom. The van der Waals surface area contributed by atoms with Crippen LogP contribution in [0.4, 0.5) is 0 Å². The van der Waals surface area contributed by atoms with Crippen LogP contribution in [-0.4, -0.2) is 53.9 Å². The second kappa shape index (κ2) is 8.99. The van der Waals surface area contributed by atoms with Gasteiger partial charge >= 0.3 is 0 Å². The summed E-state index contributed by atoms with van der Waals surface area (Å²) < 4.78 is 5.67. The number of carbonyl (C=O) groups is 2. The Labute approximate surface area is 176 Å². The van der Waals surface area contributed by atoms with E-state index in [-0.39, 0.29) is 17.9 Å². The molecule has 5 nitrogen and oxygen atoms in total. The van der Waals surface area contributed by atoms with Crippen LogP contribution in [0, 0.1) is 12.8 Å². The van der Waals surface area contributed by atoms with Crippen molar-refractivity contribution in [3.05, 3.63) is 52.2 Å². The lowest BCUT2D eigenvalue weighted by molar-refractivity contribution is -0.135. The highest BCUT2D eigenvalue weighted by Gasteiger charge is 2.39. The second-order valence-electron chi connectivity index (χ2n) is 7.92. The van der Waals surface area contributed by atoms with E-state index in [9.17, 15) is 9.59 Å². The van der Waals surface area contributed by atoms with Crippen LogP contribution < -0.4 is 4.74 Å². The van der Waals surface area contributed by atoms with Crippen LogP contribution >= 0.6 is 11.3 Å². The van der Waals surface area contributed by atoms with Crippen LogP contribution in [-0.2, 0) is 4.79 Å². The number of thiophene rings is 1. The zero-order valence-corrected chi connectivity index (χ0v) is 17.7. The molecule has 0 aliphatic carbocycles. The largest absolute Gasteiger partial charge is 0.493 e. The van der Waals surface area contributed by atoms with Gasteiger partial charge < -0.3 is 14.5 Å². The summed E-state index contributed by atoms with van der Waals surface area (Å²) in [5.74, 6) is 1.48. The van der Waals surface area contributed by atoms with E-state index in [4.69, 9.17) is 4.74 Å². The summed E-state index contributed by atoms with van der Waals surface area (Å²) in [5, 5.41) is 0. The van der Waals surface area contributed by atoms with E-state index in [0.29, 0.717) is 18.9 Å². The first kappa shape index (κ1) is 20.0. The summed E-state index contributed by atoms with van der Waals surface area (Å²) >= 11 is 1.57. The third kappa shape index (κ3) is 4.64. The zero-order valence-electron chi connectivity index (χ0n) is 16.9. The van der Waals surface area contributed by atoms with Gasteiger partial charge in [-0.25, -0.2) is 0 Å². The fourth-order valence-electron chi connectivity index (χ4n) is 4.50. The summed E-state index contributed by atoms with van der Waals surface area (Å²) in [5.41, 5.74) is 0. The molecule has 2 saturated heterocycles. The number of hydrogen-bond acceptors (Lipinski definition) is 4. The molecule has 0 radical (unpaired) electrons. The van der Waals surface area contributed by atoms with Gasteiger partial charge in [-0.05, 0) is 56.4 Å². The predicted molar refractivity (Wildman–Crippen MR) is 114 cm³/mol. The number of para-hydroxylation sites is 1. The molecule has 4 rings (SSSR count). The number of benzene rings is 1. The van der Waals surface area contributed by atoms with E-state index in [1.807, 2.05) is 54.3 Å². The van der Waals surface area contributed by atoms with E-state index < -0.39 is 0 Å². The van der Waals surface area contributed by atoms with Crippen LogP contribution in [0.2, 0.25) is 0 Å². The van der Waals surface area contributed by atoms with E-state index in [2.05, 4.69) is 4.90 Å². The Morgan fingerprint density at radius 1 is 1.10 bits per heavy atom. The molecule has 154 valence electrons. The van der Waals surface area contributed by atoms with Gasteiger partial charge in [0.25, 0.3) is 5.91 Å². The molecule has 2 fully saturated rings. The monoisotopic (exact) mass is 412 g/mol. The second-order valence-corrected chi connectivity index (χ2v) is 9.21. The lowest BCUT2D eigenvalue weighted by Gasteiger charge is -2.47. The van der Waals surface area contributed by atoms with Gasteiger partial charge in [-0.15, -0.1) is 11.3 Å². The van der Waals surface area contributed by atoms with Crippen molar-refractivity contribution in [2.75, 3.05) is 26.2 Å². The maximum absolute atomic E-state index is 13.0. The Hall–Kier alpha value is -2.34. The Bertz CT molecular complexity index is 851. The first-order valence-electron chi connectivity index (χ1n) is 10.4. The third-order valence-corrected chi connectivity index (χ3v) is 6.95. The normalized spacial score (nSPS) is 21.6. The number of nitrogens with zero attached hydrogens (tertiary/aromatic N) is 2. The minimum atomic E-state index is 0.150. The number of amides is 2. The molecule has 2 aromatic rings. The smallest absolute Gasteiger partial charge is 0.264 e. The molecule has 0 N–H and O–H groups in total. The summed E-state index contributed by atoms with van der Waals surface area (Å²) in [7, 11) is 0. The number of likely N-dealkylation sites (tertiary alicyclic amines) is 2. The Kier molecular flexibility index (Phi) is 6.19. The quantitative estimate of drug-likeness (QED) is 0.746. The molecule has 29 heavy (non-hydrogen) atoms. The zero-order chi connectivity index (χ0) is 20.2. The molecule has 2 aliphatic rings. The van der Waals surface area contributed by atoms with Crippen LogP contribution in [0.15, 0.2) is 42.5 Å². The van der Waals surface area contributed by atoms with Crippen molar-refractivity contribution in [3.8, 4) is 5.75 Å². The van der Waals surface area contributed by atoms with Crippen molar-refractivity contribution in [1.82, 2.24) is 9.80 Å². The summed E-state index contributed by atoms with van der Waals surface area (Å²) in [6, 6.07) is 13.8. The molecule has 0 saturated carbocycles.